The zero-order valence-electron chi connectivity index (χ0n) is 26.2. The van der Waals surface area contributed by atoms with Crippen LogP contribution in [-0.2, 0) is 4.79 Å². The number of rotatable bonds is 7. The average Bonchev–Trinajstić information content (AvgIpc) is 3.89. The predicted octanol–water partition coefficient (Wildman–Crippen LogP) is 5.51. The van der Waals surface area contributed by atoms with E-state index in [-0.39, 0.29) is 18.4 Å². The van der Waals surface area contributed by atoms with Crippen molar-refractivity contribution in [2.24, 2.45) is 11.8 Å². The summed E-state index contributed by atoms with van der Waals surface area (Å²) in [6.07, 6.45) is 18.4. The Balaban J connectivity index is 0.000000159. The normalized spacial score (nSPS) is 19.3. The highest BCUT2D eigenvalue weighted by Crippen LogP contribution is 2.36. The van der Waals surface area contributed by atoms with E-state index < -0.39 is 0 Å². The van der Waals surface area contributed by atoms with Crippen molar-refractivity contribution in [3.8, 4) is 17.3 Å². The molecule has 12 nitrogen and oxygen atoms in total. The van der Waals surface area contributed by atoms with Crippen LogP contribution in [0.25, 0.3) is 33.3 Å². The van der Waals surface area contributed by atoms with Gasteiger partial charge in [0.25, 0.3) is 0 Å². The van der Waals surface area contributed by atoms with Crippen LogP contribution in [0.15, 0.2) is 49.6 Å². The number of likely N-dealkylation sites (N-methyl/N-ethyl adjacent to an activating group) is 1. The Bertz CT molecular complexity index is 1780. The van der Waals surface area contributed by atoms with Gasteiger partial charge < -0.3 is 19.8 Å². The second kappa shape index (κ2) is 13.5. The number of H-pyrrole nitrogens is 2. The van der Waals surface area contributed by atoms with E-state index in [0.717, 1.165) is 64.4 Å². The quantitative estimate of drug-likeness (QED) is 0.246. The van der Waals surface area contributed by atoms with Gasteiger partial charge in [0.1, 0.15) is 36.2 Å². The molecule has 1 aliphatic carbocycles. The Kier molecular flexibility index (Phi) is 9.05. The van der Waals surface area contributed by atoms with Crippen molar-refractivity contribution in [1.29, 1.82) is 5.26 Å². The number of nitriles is 1. The zero-order chi connectivity index (χ0) is 31.3. The van der Waals surface area contributed by atoms with Crippen molar-refractivity contribution in [3.05, 3.63) is 49.6 Å². The van der Waals surface area contributed by atoms with Gasteiger partial charge in [0, 0.05) is 49.7 Å². The van der Waals surface area contributed by atoms with E-state index in [1.165, 1.54) is 25.7 Å². The highest BCUT2D eigenvalue weighted by Gasteiger charge is 2.32. The summed E-state index contributed by atoms with van der Waals surface area (Å²) in [5.41, 5.74) is 3.71. The summed E-state index contributed by atoms with van der Waals surface area (Å²) in [5, 5.41) is 15.4. The number of carbonyl (C=O) groups excluding carboxylic acids is 1. The molecule has 6 heterocycles. The second-order valence-electron chi connectivity index (χ2n) is 12.2. The number of fused-ring (bicyclic) bond motifs is 2. The van der Waals surface area contributed by atoms with Crippen LogP contribution < -0.4 is 4.90 Å². The minimum absolute atomic E-state index is 0.0552. The standard InChI is InChI=1S/C17H21N5.C16H20N6O/c1-2-15(12-5-3-4-6-12)22-10-13(9-21-22)16-14-7-8-18-17(14)20-11-19-16;1-11-5-8-22(14(23)3-6-17)9-13(11)21(2)16-12-4-7-18-15(12)19-10-20-16/h7-12,15H,2-6H2,1H3,(H,18,19,20);4,7,10-11,13H,3,5,8-9H2,1-2H3,(H,18,19,20)/t15-;11-,13?/m11/s1. The molecule has 0 aromatic carbocycles. The molecule has 2 fully saturated rings. The maximum Gasteiger partial charge on any atom is 0.236 e. The Morgan fingerprint density at radius 1 is 1.07 bits per heavy atom. The number of likely N-dealkylation sites (tertiary alicyclic amines) is 1. The zero-order valence-corrected chi connectivity index (χ0v) is 26.2. The van der Waals surface area contributed by atoms with Crippen molar-refractivity contribution in [2.45, 2.75) is 70.9 Å². The van der Waals surface area contributed by atoms with Gasteiger partial charge in [-0.05, 0) is 49.7 Å². The van der Waals surface area contributed by atoms with Crippen molar-refractivity contribution in [1.82, 2.24) is 44.6 Å². The van der Waals surface area contributed by atoms with Gasteiger partial charge in [-0.1, -0.05) is 26.7 Å². The number of aromatic nitrogens is 8. The van der Waals surface area contributed by atoms with Crippen LogP contribution in [0.4, 0.5) is 5.82 Å². The number of anilines is 1. The largest absolute Gasteiger partial charge is 0.354 e. The molecule has 2 aliphatic rings. The van der Waals surface area contributed by atoms with Crippen LogP contribution >= 0.6 is 0 Å². The lowest BCUT2D eigenvalue weighted by atomic mass is 9.92. The van der Waals surface area contributed by atoms with E-state index in [2.05, 4.69) is 64.6 Å². The number of amides is 1. The summed E-state index contributed by atoms with van der Waals surface area (Å²) in [6.45, 7) is 5.80. The Hall–Kier alpha value is -4.79. The first kappa shape index (κ1) is 30.2. The van der Waals surface area contributed by atoms with E-state index in [9.17, 15) is 4.79 Å². The fourth-order valence-corrected chi connectivity index (χ4v) is 7.08. The molecular weight excluding hydrogens is 566 g/mol. The summed E-state index contributed by atoms with van der Waals surface area (Å²) >= 11 is 0. The second-order valence-corrected chi connectivity index (χ2v) is 12.2. The van der Waals surface area contributed by atoms with Crippen molar-refractivity contribution >= 4 is 33.8 Å². The van der Waals surface area contributed by atoms with Gasteiger partial charge in [-0.3, -0.25) is 9.48 Å². The number of carbonyl (C=O) groups is 1. The predicted molar refractivity (Wildman–Crippen MR) is 173 cm³/mol. The van der Waals surface area contributed by atoms with Gasteiger partial charge in [-0.2, -0.15) is 10.4 Å². The molecular formula is C33H41N11O. The summed E-state index contributed by atoms with van der Waals surface area (Å²) in [4.78, 5) is 39.6. The molecule has 45 heavy (non-hydrogen) atoms. The van der Waals surface area contributed by atoms with Gasteiger partial charge in [0.05, 0.1) is 35.4 Å². The van der Waals surface area contributed by atoms with Crippen molar-refractivity contribution in [2.75, 3.05) is 25.0 Å². The van der Waals surface area contributed by atoms with Crippen molar-refractivity contribution < 1.29 is 4.79 Å². The minimum Gasteiger partial charge on any atom is -0.354 e. The molecule has 2 N–H and O–H groups in total. The summed E-state index contributed by atoms with van der Waals surface area (Å²) in [5.74, 6) is 1.99. The first-order valence-electron chi connectivity index (χ1n) is 16.0. The van der Waals surface area contributed by atoms with E-state index >= 15 is 0 Å². The number of piperidine rings is 1. The summed E-state index contributed by atoms with van der Waals surface area (Å²) in [7, 11) is 2.01. The maximum atomic E-state index is 12.0. The molecule has 1 aliphatic heterocycles. The number of hydrogen-bond donors (Lipinski definition) is 2. The van der Waals surface area contributed by atoms with Gasteiger partial charge >= 0.3 is 0 Å². The number of nitrogens with one attached hydrogen (secondary N) is 2. The lowest BCUT2D eigenvalue weighted by Gasteiger charge is -2.42. The molecule has 1 saturated heterocycles. The Morgan fingerprint density at radius 3 is 2.51 bits per heavy atom. The number of nitrogens with zero attached hydrogens (tertiary/aromatic N) is 9. The molecule has 7 rings (SSSR count). The SMILES string of the molecule is CC[C@H](C1CCCC1)n1cc(-c2ncnc3[nH]ccc23)cn1.C[C@@H]1CCN(C(=O)CC#N)CC1N(C)c1ncnc2[nH]ccc12. The molecule has 1 saturated carbocycles. The Morgan fingerprint density at radius 2 is 1.78 bits per heavy atom. The van der Waals surface area contributed by atoms with Crippen LogP contribution in [-0.4, -0.2) is 76.7 Å². The molecule has 5 aromatic heterocycles. The minimum atomic E-state index is -0.0905. The lowest BCUT2D eigenvalue weighted by Crippen LogP contribution is -2.52. The van der Waals surface area contributed by atoms with Crippen LogP contribution in [0.3, 0.4) is 0 Å². The third-order valence-electron chi connectivity index (χ3n) is 9.60. The highest BCUT2D eigenvalue weighted by atomic mass is 16.2. The fourth-order valence-electron chi connectivity index (χ4n) is 7.08. The lowest BCUT2D eigenvalue weighted by molar-refractivity contribution is -0.131. The molecule has 5 aromatic rings. The topological polar surface area (TPSA) is 148 Å². The Labute approximate surface area is 262 Å². The molecule has 12 heteroatoms. The molecule has 0 bridgehead atoms. The van der Waals surface area contributed by atoms with Gasteiger partial charge in [-0.25, -0.2) is 19.9 Å². The molecule has 0 radical (unpaired) electrons. The monoisotopic (exact) mass is 607 g/mol. The van der Waals surface area contributed by atoms with E-state index in [4.69, 9.17) is 5.26 Å². The third-order valence-corrected chi connectivity index (χ3v) is 9.60. The number of hydrogen-bond acceptors (Lipinski definition) is 8. The average molecular weight is 608 g/mol. The van der Waals surface area contributed by atoms with E-state index in [1.807, 2.05) is 43.8 Å². The molecule has 1 amide bonds. The van der Waals surface area contributed by atoms with Crippen LogP contribution in [0, 0.1) is 23.2 Å². The number of aromatic amines is 2. The van der Waals surface area contributed by atoms with Crippen LogP contribution in [0.2, 0.25) is 0 Å². The van der Waals surface area contributed by atoms with Gasteiger partial charge in [0.2, 0.25) is 5.91 Å². The van der Waals surface area contributed by atoms with E-state index in [1.54, 1.807) is 17.6 Å². The molecule has 1 unspecified atom stereocenters. The first-order valence-corrected chi connectivity index (χ1v) is 16.0. The summed E-state index contributed by atoms with van der Waals surface area (Å²) in [6, 6.07) is 6.61. The molecule has 234 valence electrons. The smallest absolute Gasteiger partial charge is 0.236 e. The third kappa shape index (κ3) is 6.25. The molecule has 3 atom stereocenters. The van der Waals surface area contributed by atoms with Gasteiger partial charge in [0.15, 0.2) is 0 Å². The first-order chi connectivity index (χ1) is 22.0. The van der Waals surface area contributed by atoms with Crippen LogP contribution in [0.5, 0.6) is 0 Å². The highest BCUT2D eigenvalue weighted by molar-refractivity contribution is 5.90. The fraction of sp³-hybridized carbons (Fsp3) is 0.485. The summed E-state index contributed by atoms with van der Waals surface area (Å²) < 4.78 is 2.16. The molecule has 0 spiro atoms. The van der Waals surface area contributed by atoms with E-state index in [0.29, 0.717) is 18.5 Å². The van der Waals surface area contributed by atoms with Crippen LogP contribution in [0.1, 0.15) is 64.8 Å². The maximum absolute atomic E-state index is 12.0. The van der Waals surface area contributed by atoms with Crippen molar-refractivity contribution in [3.63, 3.8) is 0 Å². The van der Waals surface area contributed by atoms with Gasteiger partial charge in [-0.15, -0.1) is 0 Å².